The van der Waals surface area contributed by atoms with Crippen molar-refractivity contribution in [1.82, 2.24) is 4.98 Å². The Bertz CT molecular complexity index is 638. The van der Waals surface area contributed by atoms with Crippen LogP contribution in [0.1, 0.15) is 23.7 Å². The molecule has 0 spiro atoms. The van der Waals surface area contributed by atoms with Crippen LogP contribution in [0, 0.1) is 13.8 Å². The molecule has 0 N–H and O–H groups in total. The Hall–Kier alpha value is -1.55. The topological polar surface area (TPSA) is 53.0 Å². The van der Waals surface area contributed by atoms with Crippen LogP contribution in [0.5, 0.6) is 0 Å². The molecule has 3 nitrogen and oxygen atoms in total. The number of carboxylic acids is 1. The van der Waals surface area contributed by atoms with E-state index < -0.39 is 5.97 Å². The smallest absolute Gasteiger partial charge is 0.0745 e. The fourth-order valence-corrected chi connectivity index (χ4v) is 3.31. The van der Waals surface area contributed by atoms with Crippen molar-refractivity contribution < 1.29 is 9.90 Å². The second kappa shape index (κ2) is 5.61. The van der Waals surface area contributed by atoms with Crippen LogP contribution in [0.4, 0.5) is 0 Å². The first-order valence-corrected chi connectivity index (χ1v) is 7.24. The number of aryl methyl sites for hydroxylation is 2. The van der Waals surface area contributed by atoms with Gasteiger partial charge in [-0.3, -0.25) is 4.98 Å². The maximum absolute atomic E-state index is 10.7. The Morgan fingerprint density at radius 3 is 2.74 bits per heavy atom. The van der Waals surface area contributed by atoms with Gasteiger partial charge in [-0.05, 0) is 31.4 Å². The van der Waals surface area contributed by atoms with Gasteiger partial charge in [0.1, 0.15) is 0 Å². The number of nitrogens with zero attached hydrogens (tertiary/aromatic N) is 1. The number of aromatic nitrogens is 1. The van der Waals surface area contributed by atoms with Crippen LogP contribution in [0.15, 0.2) is 23.1 Å². The van der Waals surface area contributed by atoms with Crippen LogP contribution < -0.4 is 5.11 Å². The van der Waals surface area contributed by atoms with Crippen molar-refractivity contribution in [2.24, 2.45) is 0 Å². The Kier molecular flexibility index (Phi) is 4.10. The summed E-state index contributed by atoms with van der Waals surface area (Å²) in [6, 6.07) is 6.01. The third kappa shape index (κ3) is 2.73. The first-order valence-electron chi connectivity index (χ1n) is 6.26. The number of carboxylic acid groups (broad SMARTS) is 1. The third-order valence-corrected chi connectivity index (χ3v) is 4.30. The molecule has 0 saturated carbocycles. The van der Waals surface area contributed by atoms with Crippen LogP contribution in [-0.2, 0) is 11.2 Å². The number of aliphatic carboxylic acids is 1. The third-order valence-electron chi connectivity index (χ3n) is 3.16. The lowest BCUT2D eigenvalue weighted by Crippen LogP contribution is -2.24. The molecule has 0 aliphatic carbocycles. The molecule has 2 rings (SSSR count). The molecule has 0 amide bonds. The molecule has 19 heavy (non-hydrogen) atoms. The molecule has 0 aliphatic heterocycles. The molecule has 1 aromatic heterocycles. The van der Waals surface area contributed by atoms with E-state index in [9.17, 15) is 9.90 Å². The maximum Gasteiger partial charge on any atom is 0.0745 e. The summed E-state index contributed by atoms with van der Waals surface area (Å²) in [5, 5.41) is 11.7. The van der Waals surface area contributed by atoms with Crippen molar-refractivity contribution >= 4 is 28.6 Å². The van der Waals surface area contributed by atoms with E-state index in [-0.39, 0.29) is 5.75 Å². The van der Waals surface area contributed by atoms with Crippen LogP contribution in [0.25, 0.3) is 10.9 Å². The number of rotatable bonds is 4. The lowest BCUT2D eigenvalue weighted by Gasteiger charge is -2.15. The predicted molar refractivity (Wildman–Crippen MR) is 76.3 cm³/mol. The zero-order chi connectivity index (χ0) is 14.0. The van der Waals surface area contributed by atoms with E-state index in [2.05, 4.69) is 11.9 Å². The molecule has 0 aliphatic rings. The fourth-order valence-electron chi connectivity index (χ4n) is 2.26. The summed E-state index contributed by atoms with van der Waals surface area (Å²) in [6.45, 7) is 6.07. The molecule has 0 unspecified atom stereocenters. The minimum atomic E-state index is -1.04. The van der Waals surface area contributed by atoms with Gasteiger partial charge in [0.05, 0.1) is 11.5 Å². The van der Waals surface area contributed by atoms with Gasteiger partial charge < -0.3 is 9.90 Å². The minimum absolute atomic E-state index is 0.0283. The summed E-state index contributed by atoms with van der Waals surface area (Å²) in [7, 11) is 0. The van der Waals surface area contributed by atoms with Gasteiger partial charge in [-0.2, -0.15) is 0 Å². The molecule has 4 heteroatoms. The van der Waals surface area contributed by atoms with Gasteiger partial charge in [-0.25, -0.2) is 0 Å². The van der Waals surface area contributed by atoms with Crippen molar-refractivity contribution in [2.75, 3.05) is 5.75 Å². The van der Waals surface area contributed by atoms with Crippen molar-refractivity contribution in [3.8, 4) is 0 Å². The van der Waals surface area contributed by atoms with Crippen molar-refractivity contribution in [1.29, 1.82) is 0 Å². The molecule has 100 valence electrons. The van der Waals surface area contributed by atoms with Gasteiger partial charge in [0.25, 0.3) is 0 Å². The van der Waals surface area contributed by atoms with E-state index in [1.807, 2.05) is 32.0 Å². The normalized spacial score (nSPS) is 10.9. The highest BCUT2D eigenvalue weighted by atomic mass is 32.2. The van der Waals surface area contributed by atoms with E-state index in [4.69, 9.17) is 0 Å². The number of fused-ring (bicyclic) bond motifs is 1. The van der Waals surface area contributed by atoms with Crippen molar-refractivity contribution in [3.05, 3.63) is 35.0 Å². The molecule has 0 radical (unpaired) electrons. The van der Waals surface area contributed by atoms with Gasteiger partial charge in [0, 0.05) is 21.7 Å². The van der Waals surface area contributed by atoms with Crippen LogP contribution in [-0.4, -0.2) is 16.7 Å². The van der Waals surface area contributed by atoms with Crippen molar-refractivity contribution in [3.63, 3.8) is 0 Å². The molecule has 0 saturated heterocycles. The standard InChI is InChI=1S/C15H17NO2S/c1-4-11-10(3)16-14-9(2)6-5-7-12(14)15(11)19-8-13(17)18/h5-7H,4,8H2,1-3H3,(H,17,18)/p-1. The number of carbonyl (C=O) groups is 1. The molecular weight excluding hydrogens is 258 g/mol. The van der Waals surface area contributed by atoms with Crippen LogP contribution in [0.3, 0.4) is 0 Å². The molecule has 1 heterocycles. The lowest BCUT2D eigenvalue weighted by molar-refractivity contribution is -0.301. The SMILES string of the molecule is CCc1c(C)nc2c(C)cccc2c1SCC(=O)[O-]. The van der Waals surface area contributed by atoms with Gasteiger partial charge in [-0.15, -0.1) is 11.8 Å². The van der Waals surface area contributed by atoms with E-state index in [1.165, 1.54) is 11.8 Å². The Labute approximate surface area is 117 Å². The Morgan fingerprint density at radius 2 is 2.11 bits per heavy atom. The average molecular weight is 274 g/mol. The Balaban J connectivity index is 2.68. The summed E-state index contributed by atoms with van der Waals surface area (Å²) < 4.78 is 0. The second-order valence-electron chi connectivity index (χ2n) is 4.49. The molecule has 0 bridgehead atoms. The zero-order valence-electron chi connectivity index (χ0n) is 11.3. The summed E-state index contributed by atoms with van der Waals surface area (Å²) in [6.07, 6.45) is 0.845. The number of hydrogen-bond acceptors (Lipinski definition) is 4. The van der Waals surface area contributed by atoms with E-state index in [1.54, 1.807) is 0 Å². The number of benzene rings is 1. The maximum atomic E-state index is 10.7. The Morgan fingerprint density at radius 1 is 1.37 bits per heavy atom. The quantitative estimate of drug-likeness (QED) is 0.802. The highest BCUT2D eigenvalue weighted by Crippen LogP contribution is 2.33. The average Bonchev–Trinajstić information content (AvgIpc) is 2.36. The summed E-state index contributed by atoms with van der Waals surface area (Å²) >= 11 is 1.33. The van der Waals surface area contributed by atoms with E-state index in [0.717, 1.165) is 39.0 Å². The monoisotopic (exact) mass is 274 g/mol. The molecule has 2 aromatic rings. The van der Waals surface area contributed by atoms with Gasteiger partial charge in [0.2, 0.25) is 0 Å². The number of pyridine rings is 1. The van der Waals surface area contributed by atoms with Gasteiger partial charge >= 0.3 is 0 Å². The van der Waals surface area contributed by atoms with E-state index in [0.29, 0.717) is 0 Å². The highest BCUT2D eigenvalue weighted by molar-refractivity contribution is 8.00. The number of thioether (sulfide) groups is 1. The summed E-state index contributed by atoms with van der Waals surface area (Å²) in [5.41, 5.74) is 4.17. The first-order chi connectivity index (χ1) is 9.04. The molecule has 0 atom stereocenters. The largest absolute Gasteiger partial charge is 0.549 e. The molecule has 0 fully saturated rings. The number of para-hydroxylation sites is 1. The van der Waals surface area contributed by atoms with Crippen molar-refractivity contribution in [2.45, 2.75) is 32.1 Å². The highest BCUT2D eigenvalue weighted by Gasteiger charge is 2.12. The summed E-state index contributed by atoms with van der Waals surface area (Å²) in [5.74, 6) is -1.07. The number of carbonyl (C=O) groups excluding carboxylic acids is 1. The molecule has 1 aromatic carbocycles. The zero-order valence-corrected chi connectivity index (χ0v) is 12.1. The summed E-state index contributed by atoms with van der Waals surface area (Å²) in [4.78, 5) is 16.4. The fraction of sp³-hybridized carbons (Fsp3) is 0.333. The second-order valence-corrected chi connectivity index (χ2v) is 5.48. The number of hydrogen-bond donors (Lipinski definition) is 0. The van der Waals surface area contributed by atoms with Crippen LogP contribution >= 0.6 is 11.8 Å². The first kappa shape index (κ1) is 13.9. The lowest BCUT2D eigenvalue weighted by atomic mass is 10.0. The van der Waals surface area contributed by atoms with Crippen LogP contribution in [0.2, 0.25) is 0 Å². The van der Waals surface area contributed by atoms with Gasteiger partial charge in [0.15, 0.2) is 0 Å². The van der Waals surface area contributed by atoms with E-state index >= 15 is 0 Å². The minimum Gasteiger partial charge on any atom is -0.549 e. The molecular formula is C15H16NO2S-. The predicted octanol–water partition coefficient (Wildman–Crippen LogP) is 2.26. The van der Waals surface area contributed by atoms with Gasteiger partial charge in [-0.1, -0.05) is 25.1 Å².